The second-order valence-corrected chi connectivity index (χ2v) is 7.87. The van der Waals surface area contributed by atoms with Gasteiger partial charge in [0.15, 0.2) is 0 Å². The zero-order valence-corrected chi connectivity index (χ0v) is 15.1. The standard InChI is InChI=1S/C18H22N2O3S/c1-13-9-8-12-16(14(13)2)19-18(21)17(20(3)24(4,22)23)15-10-6-5-7-11-15/h5-12,17H,1-4H3,(H,19,21). The van der Waals surface area contributed by atoms with Crippen molar-refractivity contribution in [2.24, 2.45) is 0 Å². The number of likely N-dealkylation sites (N-methyl/N-ethyl adjacent to an activating group) is 1. The third-order valence-corrected chi connectivity index (χ3v) is 5.37. The maximum absolute atomic E-state index is 12.8. The first-order valence-corrected chi connectivity index (χ1v) is 9.41. The number of nitrogens with zero attached hydrogens (tertiary/aromatic N) is 1. The molecule has 0 bridgehead atoms. The zero-order valence-electron chi connectivity index (χ0n) is 14.3. The number of benzene rings is 2. The van der Waals surface area contributed by atoms with E-state index < -0.39 is 16.1 Å². The summed E-state index contributed by atoms with van der Waals surface area (Å²) in [7, 11) is -2.12. The Hall–Kier alpha value is -2.18. The second-order valence-electron chi connectivity index (χ2n) is 5.83. The fourth-order valence-corrected chi connectivity index (χ4v) is 3.04. The van der Waals surface area contributed by atoms with Crippen molar-refractivity contribution in [3.63, 3.8) is 0 Å². The molecule has 0 aliphatic carbocycles. The van der Waals surface area contributed by atoms with Crippen LogP contribution in [-0.4, -0.2) is 31.9 Å². The number of amides is 1. The first kappa shape index (κ1) is 18.2. The van der Waals surface area contributed by atoms with Gasteiger partial charge >= 0.3 is 0 Å². The Balaban J connectivity index is 2.40. The Labute approximate surface area is 143 Å². The van der Waals surface area contributed by atoms with Gasteiger partial charge in [-0.2, -0.15) is 4.31 Å². The smallest absolute Gasteiger partial charge is 0.247 e. The van der Waals surface area contributed by atoms with E-state index in [1.54, 1.807) is 24.3 Å². The number of hydrogen-bond donors (Lipinski definition) is 1. The molecule has 2 aromatic carbocycles. The number of sulfonamides is 1. The van der Waals surface area contributed by atoms with Crippen LogP contribution in [0.5, 0.6) is 0 Å². The summed E-state index contributed by atoms with van der Waals surface area (Å²) in [5.74, 6) is -0.386. The number of hydrogen-bond acceptors (Lipinski definition) is 3. The van der Waals surface area contributed by atoms with Gasteiger partial charge in [0.05, 0.1) is 6.26 Å². The number of aryl methyl sites for hydroxylation is 1. The molecule has 0 saturated carbocycles. The summed E-state index contributed by atoms with van der Waals surface area (Å²) in [6.07, 6.45) is 1.09. The predicted octanol–water partition coefficient (Wildman–Crippen LogP) is 2.87. The van der Waals surface area contributed by atoms with Gasteiger partial charge in [0.25, 0.3) is 0 Å². The summed E-state index contributed by atoms with van der Waals surface area (Å²) in [4.78, 5) is 12.8. The summed E-state index contributed by atoms with van der Waals surface area (Å²) in [6.45, 7) is 3.88. The van der Waals surface area contributed by atoms with E-state index >= 15 is 0 Å². The number of nitrogens with one attached hydrogen (secondary N) is 1. The van der Waals surface area contributed by atoms with Crippen LogP contribution >= 0.6 is 0 Å². The van der Waals surface area contributed by atoms with Crippen LogP contribution in [0.4, 0.5) is 5.69 Å². The molecule has 0 aliphatic rings. The van der Waals surface area contributed by atoms with E-state index in [9.17, 15) is 13.2 Å². The van der Waals surface area contributed by atoms with E-state index in [1.807, 2.05) is 38.1 Å². The highest BCUT2D eigenvalue weighted by molar-refractivity contribution is 7.88. The molecule has 128 valence electrons. The van der Waals surface area contributed by atoms with Gasteiger partial charge in [-0.05, 0) is 36.6 Å². The van der Waals surface area contributed by atoms with Crippen LogP contribution in [-0.2, 0) is 14.8 Å². The molecule has 2 aromatic rings. The van der Waals surface area contributed by atoms with Gasteiger partial charge in [0.2, 0.25) is 15.9 Å². The topological polar surface area (TPSA) is 66.5 Å². The molecule has 0 heterocycles. The fourth-order valence-electron chi connectivity index (χ4n) is 2.44. The molecular formula is C18H22N2O3S. The van der Waals surface area contributed by atoms with Crippen molar-refractivity contribution in [2.75, 3.05) is 18.6 Å². The van der Waals surface area contributed by atoms with Gasteiger partial charge in [-0.3, -0.25) is 4.79 Å². The van der Waals surface area contributed by atoms with Crippen LogP contribution in [0.3, 0.4) is 0 Å². The van der Waals surface area contributed by atoms with Crippen molar-refractivity contribution in [3.8, 4) is 0 Å². The molecule has 0 radical (unpaired) electrons. The van der Waals surface area contributed by atoms with E-state index in [0.29, 0.717) is 11.3 Å². The number of rotatable bonds is 5. The second kappa shape index (κ2) is 7.15. The van der Waals surface area contributed by atoms with Gasteiger partial charge in [0.1, 0.15) is 6.04 Å². The largest absolute Gasteiger partial charge is 0.324 e. The molecule has 0 aliphatic heterocycles. The summed E-state index contributed by atoms with van der Waals surface area (Å²) >= 11 is 0. The lowest BCUT2D eigenvalue weighted by Crippen LogP contribution is -2.38. The highest BCUT2D eigenvalue weighted by atomic mass is 32.2. The Bertz CT molecular complexity index is 833. The molecule has 1 N–H and O–H groups in total. The van der Waals surface area contributed by atoms with Crippen molar-refractivity contribution in [3.05, 3.63) is 65.2 Å². The minimum atomic E-state index is -3.53. The number of carbonyl (C=O) groups excluding carboxylic acids is 1. The lowest BCUT2D eigenvalue weighted by Gasteiger charge is -2.26. The molecule has 0 saturated heterocycles. The van der Waals surface area contributed by atoms with Gasteiger partial charge in [0, 0.05) is 12.7 Å². The van der Waals surface area contributed by atoms with Crippen LogP contribution in [0.2, 0.25) is 0 Å². The predicted molar refractivity (Wildman–Crippen MR) is 96.3 cm³/mol. The normalized spacial score (nSPS) is 12.9. The average Bonchev–Trinajstić information content (AvgIpc) is 2.52. The van der Waals surface area contributed by atoms with Crippen LogP contribution in [0.15, 0.2) is 48.5 Å². The minimum Gasteiger partial charge on any atom is -0.324 e. The van der Waals surface area contributed by atoms with Crippen molar-refractivity contribution in [1.82, 2.24) is 4.31 Å². The molecule has 6 heteroatoms. The molecule has 0 fully saturated rings. The Morgan fingerprint density at radius 3 is 2.25 bits per heavy atom. The SMILES string of the molecule is Cc1cccc(NC(=O)C(c2ccccc2)N(C)S(C)(=O)=O)c1C. The van der Waals surface area contributed by atoms with Gasteiger partial charge in [-0.1, -0.05) is 42.5 Å². The van der Waals surface area contributed by atoms with Crippen LogP contribution in [0.1, 0.15) is 22.7 Å². The molecule has 1 unspecified atom stereocenters. The Morgan fingerprint density at radius 2 is 1.67 bits per heavy atom. The van der Waals surface area contributed by atoms with E-state index in [4.69, 9.17) is 0 Å². The van der Waals surface area contributed by atoms with Crippen molar-refractivity contribution in [1.29, 1.82) is 0 Å². The molecule has 0 spiro atoms. The van der Waals surface area contributed by atoms with Gasteiger partial charge in [-0.25, -0.2) is 8.42 Å². The zero-order chi connectivity index (χ0) is 17.9. The maximum Gasteiger partial charge on any atom is 0.247 e. The van der Waals surface area contributed by atoms with Crippen LogP contribution < -0.4 is 5.32 Å². The molecule has 1 atom stereocenters. The molecule has 5 nitrogen and oxygen atoms in total. The monoisotopic (exact) mass is 346 g/mol. The summed E-state index contributed by atoms with van der Waals surface area (Å²) < 4.78 is 25.0. The highest BCUT2D eigenvalue weighted by Gasteiger charge is 2.30. The molecular weight excluding hydrogens is 324 g/mol. The van der Waals surface area contributed by atoms with Crippen molar-refractivity contribution < 1.29 is 13.2 Å². The van der Waals surface area contributed by atoms with E-state index in [0.717, 1.165) is 21.7 Å². The number of anilines is 1. The van der Waals surface area contributed by atoms with E-state index in [2.05, 4.69) is 5.32 Å². The third-order valence-electron chi connectivity index (χ3n) is 4.11. The first-order chi connectivity index (χ1) is 11.2. The average molecular weight is 346 g/mol. The fraction of sp³-hybridized carbons (Fsp3) is 0.278. The van der Waals surface area contributed by atoms with Crippen molar-refractivity contribution >= 4 is 21.6 Å². The minimum absolute atomic E-state index is 0.386. The Kier molecular flexibility index (Phi) is 5.41. The first-order valence-electron chi connectivity index (χ1n) is 7.57. The lowest BCUT2D eigenvalue weighted by molar-refractivity contribution is -0.119. The summed E-state index contributed by atoms with van der Waals surface area (Å²) in [5.41, 5.74) is 3.32. The lowest BCUT2D eigenvalue weighted by atomic mass is 10.0. The molecule has 24 heavy (non-hydrogen) atoms. The number of carbonyl (C=O) groups is 1. The molecule has 0 aromatic heterocycles. The maximum atomic E-state index is 12.8. The van der Waals surface area contributed by atoms with Crippen LogP contribution in [0, 0.1) is 13.8 Å². The van der Waals surface area contributed by atoms with Gasteiger partial charge < -0.3 is 5.32 Å². The van der Waals surface area contributed by atoms with Crippen molar-refractivity contribution in [2.45, 2.75) is 19.9 Å². The molecule has 1 amide bonds. The van der Waals surface area contributed by atoms with Crippen LogP contribution in [0.25, 0.3) is 0 Å². The van der Waals surface area contributed by atoms with E-state index in [-0.39, 0.29) is 5.91 Å². The molecule has 2 rings (SSSR count). The quantitative estimate of drug-likeness (QED) is 0.905. The Morgan fingerprint density at radius 1 is 1.04 bits per heavy atom. The highest BCUT2D eigenvalue weighted by Crippen LogP contribution is 2.25. The summed E-state index contributed by atoms with van der Waals surface area (Å²) in [5, 5.41) is 2.86. The van der Waals surface area contributed by atoms with Gasteiger partial charge in [-0.15, -0.1) is 0 Å². The summed E-state index contributed by atoms with van der Waals surface area (Å²) in [6, 6.07) is 13.6. The van der Waals surface area contributed by atoms with E-state index in [1.165, 1.54) is 7.05 Å². The third kappa shape index (κ3) is 4.01.